The molecule has 1 fully saturated rings. The zero-order valence-electron chi connectivity index (χ0n) is 9.44. The van der Waals surface area contributed by atoms with Crippen molar-refractivity contribution >= 4 is 27.7 Å². The highest BCUT2D eigenvalue weighted by Crippen LogP contribution is 2.39. The van der Waals surface area contributed by atoms with E-state index in [-0.39, 0.29) is 5.82 Å². The Labute approximate surface area is 117 Å². The van der Waals surface area contributed by atoms with Gasteiger partial charge in [-0.2, -0.15) is 0 Å². The van der Waals surface area contributed by atoms with Crippen LogP contribution in [0.15, 0.2) is 44.9 Å². The molecular formula is C13H10BrFN2S. The fourth-order valence-corrected chi connectivity index (χ4v) is 2.99. The van der Waals surface area contributed by atoms with Gasteiger partial charge >= 0.3 is 0 Å². The summed E-state index contributed by atoms with van der Waals surface area (Å²) in [4.78, 5) is 9.90. The molecular weight excluding hydrogens is 315 g/mol. The number of hydrogen-bond donors (Lipinski definition) is 0. The third-order valence-corrected chi connectivity index (χ3v) is 4.00. The van der Waals surface area contributed by atoms with E-state index in [2.05, 4.69) is 25.9 Å². The van der Waals surface area contributed by atoms with Crippen LogP contribution < -0.4 is 0 Å². The first-order valence-corrected chi connectivity index (χ1v) is 7.29. The van der Waals surface area contributed by atoms with Crippen LogP contribution in [0, 0.1) is 5.82 Å². The third-order valence-electron chi connectivity index (χ3n) is 2.67. The lowest BCUT2D eigenvalue weighted by Crippen LogP contribution is -1.94. The molecule has 0 spiro atoms. The summed E-state index contributed by atoms with van der Waals surface area (Å²) in [5.41, 5.74) is 0. The third kappa shape index (κ3) is 2.90. The lowest BCUT2D eigenvalue weighted by Gasteiger charge is -2.04. The van der Waals surface area contributed by atoms with E-state index in [1.807, 2.05) is 6.07 Å². The maximum atomic E-state index is 12.8. The number of halogens is 2. The molecule has 0 unspecified atom stereocenters. The highest BCUT2D eigenvalue weighted by Gasteiger charge is 2.27. The molecule has 0 radical (unpaired) electrons. The molecule has 1 aliphatic rings. The summed E-state index contributed by atoms with van der Waals surface area (Å²) in [5.74, 6) is 1.21. The van der Waals surface area contributed by atoms with Crippen LogP contribution >= 0.6 is 27.7 Å². The Morgan fingerprint density at radius 1 is 1.17 bits per heavy atom. The second-order valence-corrected chi connectivity index (χ2v) is 6.12. The van der Waals surface area contributed by atoms with Crippen LogP contribution in [-0.2, 0) is 0 Å². The molecule has 3 rings (SSSR count). The predicted octanol–water partition coefficient (Wildman–Crippen LogP) is 4.41. The van der Waals surface area contributed by atoms with Crippen molar-refractivity contribution in [2.75, 3.05) is 0 Å². The van der Waals surface area contributed by atoms with Gasteiger partial charge in [0.05, 0.1) is 0 Å². The van der Waals surface area contributed by atoms with Crippen molar-refractivity contribution in [1.82, 2.24) is 9.97 Å². The van der Waals surface area contributed by atoms with Crippen molar-refractivity contribution < 1.29 is 4.39 Å². The van der Waals surface area contributed by atoms with Gasteiger partial charge in [0.15, 0.2) is 0 Å². The van der Waals surface area contributed by atoms with Gasteiger partial charge in [0.2, 0.25) is 0 Å². The first kappa shape index (κ1) is 12.1. The fourth-order valence-electron chi connectivity index (χ4n) is 1.61. The molecule has 0 amide bonds. The van der Waals surface area contributed by atoms with Crippen molar-refractivity contribution in [3.8, 4) is 0 Å². The van der Waals surface area contributed by atoms with E-state index in [1.54, 1.807) is 12.1 Å². The van der Waals surface area contributed by atoms with Crippen molar-refractivity contribution in [2.45, 2.75) is 28.7 Å². The van der Waals surface area contributed by atoms with Crippen molar-refractivity contribution in [2.24, 2.45) is 0 Å². The van der Waals surface area contributed by atoms with Gasteiger partial charge in [-0.15, -0.1) is 0 Å². The number of hydrogen-bond acceptors (Lipinski definition) is 3. The summed E-state index contributed by atoms with van der Waals surface area (Å²) >= 11 is 4.93. The molecule has 0 atom stereocenters. The Kier molecular flexibility index (Phi) is 3.35. The van der Waals surface area contributed by atoms with Crippen LogP contribution in [0.4, 0.5) is 4.39 Å². The first-order chi connectivity index (χ1) is 8.70. The second-order valence-electron chi connectivity index (χ2n) is 4.22. The van der Waals surface area contributed by atoms with Crippen molar-refractivity contribution in [3.05, 3.63) is 46.6 Å². The van der Waals surface area contributed by atoms with E-state index >= 15 is 0 Å². The Hall–Kier alpha value is -0.940. The minimum atomic E-state index is -0.220. The molecule has 92 valence electrons. The zero-order valence-corrected chi connectivity index (χ0v) is 11.8. The minimum Gasteiger partial charge on any atom is -0.226 e. The maximum absolute atomic E-state index is 12.8. The normalized spacial score (nSPS) is 14.8. The van der Waals surface area contributed by atoms with Crippen LogP contribution in [0.2, 0.25) is 0 Å². The Balaban J connectivity index is 1.85. The van der Waals surface area contributed by atoms with Gasteiger partial charge in [0.1, 0.15) is 21.3 Å². The summed E-state index contributed by atoms with van der Waals surface area (Å²) in [6.45, 7) is 0. The molecule has 0 N–H and O–H groups in total. The average Bonchev–Trinajstić information content (AvgIpc) is 3.15. The molecule has 5 heteroatoms. The van der Waals surface area contributed by atoms with Gasteiger partial charge < -0.3 is 0 Å². The van der Waals surface area contributed by atoms with Gasteiger partial charge in [-0.25, -0.2) is 14.4 Å². The number of rotatable bonds is 3. The highest BCUT2D eigenvalue weighted by molar-refractivity contribution is 9.10. The minimum absolute atomic E-state index is 0.220. The van der Waals surface area contributed by atoms with Gasteiger partial charge in [-0.3, -0.25) is 0 Å². The summed E-state index contributed by atoms with van der Waals surface area (Å²) in [6, 6.07) is 8.32. The average molecular weight is 325 g/mol. The molecule has 2 nitrogen and oxygen atoms in total. The standard InChI is InChI=1S/C13H10BrFN2S/c14-11-7-12(17-13(16-11)8-1-2-8)18-10-5-3-9(15)4-6-10/h3-8H,1-2H2. The van der Waals surface area contributed by atoms with E-state index in [0.29, 0.717) is 5.92 Å². The Bertz CT molecular complexity index is 570. The van der Waals surface area contributed by atoms with E-state index in [4.69, 9.17) is 0 Å². The molecule has 1 heterocycles. The topological polar surface area (TPSA) is 25.8 Å². The van der Waals surface area contributed by atoms with Crippen LogP contribution in [0.3, 0.4) is 0 Å². The molecule has 0 saturated heterocycles. The summed E-state index contributed by atoms with van der Waals surface area (Å²) in [7, 11) is 0. The molecule has 2 aromatic rings. The predicted molar refractivity (Wildman–Crippen MR) is 72.2 cm³/mol. The van der Waals surface area contributed by atoms with Gasteiger partial charge in [0, 0.05) is 16.9 Å². The summed E-state index contributed by atoms with van der Waals surface area (Å²) in [6.07, 6.45) is 2.36. The largest absolute Gasteiger partial charge is 0.226 e. The van der Waals surface area contributed by atoms with E-state index in [0.717, 1.165) is 20.3 Å². The van der Waals surface area contributed by atoms with E-state index in [1.165, 1.54) is 36.7 Å². The first-order valence-electron chi connectivity index (χ1n) is 5.68. The lowest BCUT2D eigenvalue weighted by atomic mass is 10.4. The number of nitrogens with zero attached hydrogens (tertiary/aromatic N) is 2. The Morgan fingerprint density at radius 2 is 1.89 bits per heavy atom. The molecule has 1 aliphatic carbocycles. The molecule has 1 aromatic carbocycles. The second kappa shape index (κ2) is 4.97. The van der Waals surface area contributed by atoms with Crippen molar-refractivity contribution in [1.29, 1.82) is 0 Å². The number of aromatic nitrogens is 2. The lowest BCUT2D eigenvalue weighted by molar-refractivity contribution is 0.626. The van der Waals surface area contributed by atoms with Crippen molar-refractivity contribution in [3.63, 3.8) is 0 Å². The van der Waals surface area contributed by atoms with E-state index in [9.17, 15) is 4.39 Å². The van der Waals surface area contributed by atoms with Gasteiger partial charge in [0.25, 0.3) is 0 Å². The molecule has 18 heavy (non-hydrogen) atoms. The van der Waals surface area contributed by atoms with Gasteiger partial charge in [-0.05, 0) is 53.0 Å². The van der Waals surface area contributed by atoms with Crippen LogP contribution in [0.5, 0.6) is 0 Å². The number of benzene rings is 1. The summed E-state index contributed by atoms with van der Waals surface area (Å²) in [5, 5.41) is 0.894. The summed E-state index contributed by atoms with van der Waals surface area (Å²) < 4.78 is 13.6. The molecule has 0 bridgehead atoms. The smallest absolute Gasteiger partial charge is 0.134 e. The van der Waals surface area contributed by atoms with Crippen LogP contribution in [-0.4, -0.2) is 9.97 Å². The fraction of sp³-hybridized carbons (Fsp3) is 0.231. The monoisotopic (exact) mass is 324 g/mol. The molecule has 1 aromatic heterocycles. The van der Waals surface area contributed by atoms with Crippen LogP contribution in [0.1, 0.15) is 24.6 Å². The Morgan fingerprint density at radius 3 is 2.56 bits per heavy atom. The maximum Gasteiger partial charge on any atom is 0.134 e. The van der Waals surface area contributed by atoms with Gasteiger partial charge in [-0.1, -0.05) is 11.8 Å². The molecule has 0 aliphatic heterocycles. The van der Waals surface area contributed by atoms with Crippen LogP contribution in [0.25, 0.3) is 0 Å². The molecule has 1 saturated carbocycles. The van der Waals surface area contributed by atoms with E-state index < -0.39 is 0 Å². The quantitative estimate of drug-likeness (QED) is 0.782. The SMILES string of the molecule is Fc1ccc(Sc2cc(Br)nc(C3CC3)n2)cc1. The highest BCUT2D eigenvalue weighted by atomic mass is 79.9. The zero-order chi connectivity index (χ0) is 12.5.